The molecule has 0 fully saturated rings. The van der Waals surface area contributed by atoms with Gasteiger partial charge in [0.05, 0.1) is 16.3 Å². The summed E-state index contributed by atoms with van der Waals surface area (Å²) in [4.78, 5) is 16.6. The number of nitrogens with zero attached hydrogens (tertiary/aromatic N) is 1. The molecule has 0 saturated heterocycles. The lowest BCUT2D eigenvalue weighted by Gasteiger charge is -2.08. The Labute approximate surface area is 161 Å². The summed E-state index contributed by atoms with van der Waals surface area (Å²) >= 11 is 13.0. The number of aromatic nitrogens is 1. The molecule has 2 aromatic carbocycles. The van der Waals surface area contributed by atoms with Crippen LogP contribution in [0.5, 0.6) is 5.75 Å². The normalized spacial score (nSPS) is 10.8. The quantitative estimate of drug-likeness (QED) is 0.559. The number of anilines is 1. The number of rotatable bonds is 5. The monoisotopic (exact) mass is 414 g/mol. The molecule has 4 nitrogen and oxygen atoms in total. The third-order valence-electron chi connectivity index (χ3n) is 3.28. The number of hydrogen-bond acceptors (Lipinski definition) is 4. The van der Waals surface area contributed by atoms with Gasteiger partial charge in [0.2, 0.25) is 0 Å². The van der Waals surface area contributed by atoms with E-state index in [2.05, 4.69) is 15.0 Å². The molecule has 1 heterocycles. The summed E-state index contributed by atoms with van der Waals surface area (Å²) in [6, 6.07) is 10.8. The lowest BCUT2D eigenvalue weighted by molar-refractivity contribution is -0.0494. The Bertz CT molecular complexity index is 950. The third kappa shape index (κ3) is 4.30. The highest BCUT2D eigenvalue weighted by atomic mass is 35.5. The van der Waals surface area contributed by atoms with Crippen molar-refractivity contribution in [2.75, 3.05) is 5.32 Å². The van der Waals surface area contributed by atoms with Gasteiger partial charge in [-0.15, -0.1) is 11.3 Å². The highest BCUT2D eigenvalue weighted by Crippen LogP contribution is 2.33. The zero-order chi connectivity index (χ0) is 18.7. The first-order valence-corrected chi connectivity index (χ1v) is 8.84. The maximum absolute atomic E-state index is 12.5. The van der Waals surface area contributed by atoms with Gasteiger partial charge in [0.15, 0.2) is 5.13 Å². The topological polar surface area (TPSA) is 51.2 Å². The first-order valence-electron chi connectivity index (χ1n) is 7.20. The van der Waals surface area contributed by atoms with Crippen molar-refractivity contribution >= 4 is 45.6 Å². The molecule has 1 N–H and O–H groups in total. The molecule has 3 rings (SSSR count). The highest BCUT2D eigenvalue weighted by Gasteiger charge is 2.16. The van der Waals surface area contributed by atoms with Crippen LogP contribution in [0.3, 0.4) is 0 Å². The molecule has 0 saturated carbocycles. The van der Waals surface area contributed by atoms with Gasteiger partial charge in [-0.2, -0.15) is 8.78 Å². The second kappa shape index (κ2) is 7.99. The van der Waals surface area contributed by atoms with Gasteiger partial charge in [0, 0.05) is 16.0 Å². The highest BCUT2D eigenvalue weighted by molar-refractivity contribution is 7.14. The number of carbonyl (C=O) groups is 1. The fourth-order valence-electron chi connectivity index (χ4n) is 2.17. The van der Waals surface area contributed by atoms with Crippen molar-refractivity contribution in [3.8, 4) is 17.0 Å². The van der Waals surface area contributed by atoms with Crippen molar-refractivity contribution in [1.82, 2.24) is 4.98 Å². The zero-order valence-electron chi connectivity index (χ0n) is 12.9. The first kappa shape index (κ1) is 18.6. The van der Waals surface area contributed by atoms with Crippen molar-refractivity contribution in [1.29, 1.82) is 0 Å². The third-order valence-corrected chi connectivity index (χ3v) is 4.59. The van der Waals surface area contributed by atoms with E-state index in [-0.39, 0.29) is 16.3 Å². The van der Waals surface area contributed by atoms with Gasteiger partial charge < -0.3 is 4.74 Å². The van der Waals surface area contributed by atoms with Crippen molar-refractivity contribution in [2.24, 2.45) is 0 Å². The Kier molecular flexibility index (Phi) is 5.70. The molecule has 0 aliphatic rings. The number of carbonyl (C=O) groups excluding carboxylic acids is 1. The molecule has 0 aliphatic heterocycles. The average molecular weight is 415 g/mol. The summed E-state index contributed by atoms with van der Waals surface area (Å²) in [5.41, 5.74) is 1.05. The van der Waals surface area contributed by atoms with E-state index < -0.39 is 12.5 Å². The van der Waals surface area contributed by atoms with E-state index in [9.17, 15) is 13.6 Å². The summed E-state index contributed by atoms with van der Waals surface area (Å²) in [5, 5.41) is 5.17. The minimum atomic E-state index is -2.94. The lowest BCUT2D eigenvalue weighted by atomic mass is 10.1. The Morgan fingerprint density at radius 1 is 1.19 bits per heavy atom. The van der Waals surface area contributed by atoms with E-state index in [4.69, 9.17) is 23.2 Å². The minimum absolute atomic E-state index is 0.00595. The molecule has 9 heteroatoms. The van der Waals surface area contributed by atoms with E-state index in [1.54, 1.807) is 29.6 Å². The summed E-state index contributed by atoms with van der Waals surface area (Å²) in [5.74, 6) is -0.448. The number of amides is 1. The fraction of sp³-hybridized carbons (Fsp3) is 0.0588. The maximum atomic E-state index is 12.5. The molecule has 0 spiro atoms. The van der Waals surface area contributed by atoms with Crippen LogP contribution in [0.4, 0.5) is 13.9 Å². The van der Waals surface area contributed by atoms with Crippen LogP contribution in [-0.2, 0) is 0 Å². The van der Waals surface area contributed by atoms with E-state index in [0.717, 1.165) is 11.3 Å². The summed E-state index contributed by atoms with van der Waals surface area (Å²) in [6.07, 6.45) is 0. The van der Waals surface area contributed by atoms with Crippen molar-refractivity contribution < 1.29 is 18.3 Å². The second-order valence-electron chi connectivity index (χ2n) is 4.99. The first-order chi connectivity index (χ1) is 12.4. The smallest absolute Gasteiger partial charge is 0.387 e. The molecule has 1 aromatic heterocycles. The number of ether oxygens (including phenoxy) is 1. The molecule has 0 aliphatic carbocycles. The van der Waals surface area contributed by atoms with Crippen molar-refractivity contribution in [3.05, 3.63) is 63.5 Å². The molecule has 134 valence electrons. The van der Waals surface area contributed by atoms with E-state index in [1.165, 1.54) is 18.2 Å². The maximum Gasteiger partial charge on any atom is 0.387 e. The summed E-state index contributed by atoms with van der Waals surface area (Å²) < 4.78 is 29.6. The van der Waals surface area contributed by atoms with Gasteiger partial charge in [-0.05, 0) is 30.3 Å². The van der Waals surface area contributed by atoms with Crippen LogP contribution in [0.25, 0.3) is 11.3 Å². The predicted octanol–water partition coefficient (Wildman–Crippen LogP) is 5.97. The predicted molar refractivity (Wildman–Crippen MR) is 98.6 cm³/mol. The Morgan fingerprint density at radius 3 is 2.69 bits per heavy atom. The second-order valence-corrected chi connectivity index (χ2v) is 6.69. The van der Waals surface area contributed by atoms with Crippen LogP contribution in [0, 0.1) is 0 Å². The van der Waals surface area contributed by atoms with Gasteiger partial charge in [-0.25, -0.2) is 4.98 Å². The van der Waals surface area contributed by atoms with E-state index in [1.807, 2.05) is 0 Å². The van der Waals surface area contributed by atoms with Crippen LogP contribution in [0.15, 0.2) is 47.8 Å². The standard InChI is InChI=1S/C17H10Cl2F2N2O2S/c18-9-5-6-10(12(19)7-9)15(24)23-17-22-13(8-26-17)11-3-1-2-4-14(11)25-16(20)21/h1-8,16H,(H,22,23,24). The molecule has 0 radical (unpaired) electrons. The molecule has 0 unspecified atom stereocenters. The minimum Gasteiger partial charge on any atom is -0.434 e. The Hall–Kier alpha value is -2.22. The molecule has 26 heavy (non-hydrogen) atoms. The van der Waals surface area contributed by atoms with E-state index >= 15 is 0 Å². The van der Waals surface area contributed by atoms with Gasteiger partial charge >= 0.3 is 6.61 Å². The summed E-state index contributed by atoms with van der Waals surface area (Å²) in [6.45, 7) is -2.94. The number of nitrogens with one attached hydrogen (secondary N) is 1. The van der Waals surface area contributed by atoms with Gasteiger partial charge in [-0.3, -0.25) is 10.1 Å². The number of benzene rings is 2. The number of alkyl halides is 2. The number of thiazole rings is 1. The molecule has 0 bridgehead atoms. The van der Waals surface area contributed by atoms with Crippen LogP contribution in [0.2, 0.25) is 10.0 Å². The van der Waals surface area contributed by atoms with Crippen molar-refractivity contribution in [2.45, 2.75) is 6.61 Å². The fourth-order valence-corrected chi connectivity index (χ4v) is 3.37. The zero-order valence-corrected chi connectivity index (χ0v) is 15.2. The van der Waals surface area contributed by atoms with Crippen LogP contribution in [-0.4, -0.2) is 17.5 Å². The molecular formula is C17H10Cl2F2N2O2S. The number of para-hydroxylation sites is 1. The van der Waals surface area contributed by atoms with Gasteiger partial charge in [0.1, 0.15) is 5.75 Å². The van der Waals surface area contributed by atoms with Crippen molar-refractivity contribution in [3.63, 3.8) is 0 Å². The number of halogens is 4. The van der Waals surface area contributed by atoms with Gasteiger partial charge in [0.25, 0.3) is 5.91 Å². The number of hydrogen-bond donors (Lipinski definition) is 1. The lowest BCUT2D eigenvalue weighted by Crippen LogP contribution is -2.12. The Morgan fingerprint density at radius 2 is 1.96 bits per heavy atom. The van der Waals surface area contributed by atoms with Crippen LogP contribution in [0.1, 0.15) is 10.4 Å². The van der Waals surface area contributed by atoms with Gasteiger partial charge in [-0.1, -0.05) is 35.3 Å². The SMILES string of the molecule is O=C(Nc1nc(-c2ccccc2OC(F)F)cs1)c1ccc(Cl)cc1Cl. The van der Waals surface area contributed by atoms with Crippen LogP contribution < -0.4 is 10.1 Å². The average Bonchev–Trinajstić information content (AvgIpc) is 3.03. The molecular weight excluding hydrogens is 405 g/mol. The van der Waals surface area contributed by atoms with E-state index in [0.29, 0.717) is 21.4 Å². The van der Waals surface area contributed by atoms with Crippen LogP contribution >= 0.6 is 34.5 Å². The molecule has 1 amide bonds. The molecule has 0 atom stereocenters. The Balaban J connectivity index is 1.81. The summed E-state index contributed by atoms with van der Waals surface area (Å²) in [7, 11) is 0. The largest absolute Gasteiger partial charge is 0.434 e. The molecule has 3 aromatic rings.